The van der Waals surface area contributed by atoms with Crippen LogP contribution in [0.15, 0.2) is 47.6 Å². The standard InChI is InChI=1S/C24H19ClN6S/c1-13-20(11-10-19-9-8-18(26)12-27-19)32-24-21(13)22(16-4-6-17(25)7-5-16)28-14(2)23-30-29-15(3)31(23)24/h4-9,12,14H,26H2,1-3H3/t14-/m0/s1. The number of anilines is 1. The molecule has 32 heavy (non-hydrogen) atoms. The molecule has 8 heteroatoms. The van der Waals surface area contributed by atoms with Crippen molar-refractivity contribution in [3.63, 3.8) is 0 Å². The Hall–Kier alpha value is -3.47. The number of nitrogen functional groups attached to an aromatic ring is 1. The summed E-state index contributed by atoms with van der Waals surface area (Å²) in [6, 6.07) is 11.2. The van der Waals surface area contributed by atoms with Crippen molar-refractivity contribution >= 4 is 34.3 Å². The van der Waals surface area contributed by atoms with E-state index in [-0.39, 0.29) is 6.04 Å². The monoisotopic (exact) mass is 458 g/mol. The molecule has 0 saturated heterocycles. The van der Waals surface area contributed by atoms with Gasteiger partial charge in [-0.2, -0.15) is 0 Å². The Labute approximate surface area is 194 Å². The normalized spacial score (nSPS) is 14.6. The first kappa shape index (κ1) is 20.4. The minimum Gasteiger partial charge on any atom is -0.397 e. The topological polar surface area (TPSA) is 82.0 Å². The SMILES string of the molecule is Cc1c(C#Cc2ccc(N)cn2)sc2c1C(c1ccc(Cl)cc1)=N[C@@H](C)c1nnc(C)n1-2. The van der Waals surface area contributed by atoms with Crippen molar-refractivity contribution < 1.29 is 0 Å². The summed E-state index contributed by atoms with van der Waals surface area (Å²) in [5, 5.41) is 10.4. The van der Waals surface area contributed by atoms with Gasteiger partial charge in [-0.15, -0.1) is 21.5 Å². The number of rotatable bonds is 1. The Morgan fingerprint density at radius 1 is 1.06 bits per heavy atom. The molecule has 4 aromatic rings. The Morgan fingerprint density at radius 3 is 2.56 bits per heavy atom. The molecule has 4 heterocycles. The van der Waals surface area contributed by atoms with Crippen molar-refractivity contribution in [1.29, 1.82) is 0 Å². The van der Waals surface area contributed by atoms with Crippen LogP contribution < -0.4 is 5.73 Å². The minimum atomic E-state index is -0.144. The van der Waals surface area contributed by atoms with E-state index in [2.05, 4.69) is 38.5 Å². The number of nitrogens with zero attached hydrogens (tertiary/aromatic N) is 5. The van der Waals surface area contributed by atoms with Gasteiger partial charge in [-0.25, -0.2) is 4.98 Å². The average molecular weight is 459 g/mol. The van der Waals surface area contributed by atoms with Gasteiger partial charge in [0.15, 0.2) is 5.82 Å². The maximum Gasteiger partial charge on any atom is 0.162 e. The van der Waals surface area contributed by atoms with Crippen LogP contribution in [0.1, 0.15) is 51.9 Å². The minimum absolute atomic E-state index is 0.144. The first-order chi connectivity index (χ1) is 15.4. The van der Waals surface area contributed by atoms with E-state index < -0.39 is 0 Å². The number of hydrogen-bond acceptors (Lipinski definition) is 6. The first-order valence-corrected chi connectivity index (χ1v) is 11.2. The quantitative estimate of drug-likeness (QED) is 0.412. The number of pyridine rings is 1. The molecule has 2 N–H and O–H groups in total. The molecule has 0 bridgehead atoms. The maximum atomic E-state index is 6.14. The van der Waals surface area contributed by atoms with Crippen LogP contribution in [-0.4, -0.2) is 25.5 Å². The third-order valence-electron chi connectivity index (χ3n) is 5.32. The lowest BCUT2D eigenvalue weighted by atomic mass is 9.99. The van der Waals surface area contributed by atoms with Gasteiger partial charge in [0, 0.05) is 16.1 Å². The lowest BCUT2D eigenvalue weighted by Gasteiger charge is -2.09. The number of fused-ring (bicyclic) bond motifs is 3. The van der Waals surface area contributed by atoms with Gasteiger partial charge in [0.25, 0.3) is 0 Å². The zero-order valence-corrected chi connectivity index (χ0v) is 19.3. The molecule has 158 valence electrons. The second-order valence-corrected chi connectivity index (χ2v) is 9.00. The first-order valence-electron chi connectivity index (χ1n) is 10.1. The molecule has 0 radical (unpaired) electrons. The third-order valence-corrected chi connectivity index (χ3v) is 6.77. The second kappa shape index (κ2) is 7.90. The molecule has 6 nitrogen and oxygen atoms in total. The van der Waals surface area contributed by atoms with E-state index in [9.17, 15) is 0 Å². The van der Waals surface area contributed by atoms with Gasteiger partial charge in [-0.05, 0) is 62.4 Å². The van der Waals surface area contributed by atoms with Gasteiger partial charge in [-0.3, -0.25) is 9.56 Å². The van der Waals surface area contributed by atoms with Gasteiger partial charge in [0.1, 0.15) is 22.6 Å². The summed E-state index contributed by atoms with van der Waals surface area (Å²) in [6.07, 6.45) is 1.61. The highest BCUT2D eigenvalue weighted by molar-refractivity contribution is 7.15. The number of aryl methyl sites for hydroxylation is 1. The molecule has 5 rings (SSSR count). The van der Waals surface area contributed by atoms with Crippen LogP contribution in [-0.2, 0) is 0 Å². The van der Waals surface area contributed by atoms with Crippen LogP contribution in [0.2, 0.25) is 5.02 Å². The Bertz CT molecular complexity index is 1420. The molecule has 1 aromatic carbocycles. The van der Waals surface area contributed by atoms with Gasteiger partial charge in [0.2, 0.25) is 0 Å². The summed E-state index contributed by atoms with van der Waals surface area (Å²) in [4.78, 5) is 10.3. The van der Waals surface area contributed by atoms with E-state index in [1.807, 2.05) is 44.2 Å². The van der Waals surface area contributed by atoms with Crippen LogP contribution >= 0.6 is 22.9 Å². The fourth-order valence-corrected chi connectivity index (χ4v) is 5.04. The molecule has 1 aliphatic heterocycles. The summed E-state index contributed by atoms with van der Waals surface area (Å²) < 4.78 is 2.09. The number of benzene rings is 1. The van der Waals surface area contributed by atoms with Crippen molar-refractivity contribution in [2.45, 2.75) is 26.8 Å². The van der Waals surface area contributed by atoms with E-state index >= 15 is 0 Å². The zero-order valence-electron chi connectivity index (χ0n) is 17.7. The highest BCUT2D eigenvalue weighted by Gasteiger charge is 2.29. The number of halogens is 1. The van der Waals surface area contributed by atoms with E-state index in [4.69, 9.17) is 22.3 Å². The number of thiophene rings is 1. The Balaban J connectivity index is 1.72. The number of aromatic nitrogens is 4. The fraction of sp³-hybridized carbons (Fsp3) is 0.167. The average Bonchev–Trinajstić information content (AvgIpc) is 3.28. The lowest BCUT2D eigenvalue weighted by Crippen LogP contribution is -2.07. The number of hydrogen-bond donors (Lipinski definition) is 1. The molecule has 1 atom stereocenters. The van der Waals surface area contributed by atoms with E-state index in [1.165, 1.54) is 0 Å². The van der Waals surface area contributed by atoms with Crippen molar-refractivity contribution in [3.05, 3.63) is 86.5 Å². The lowest BCUT2D eigenvalue weighted by molar-refractivity contribution is 0.724. The molecule has 0 saturated carbocycles. The smallest absolute Gasteiger partial charge is 0.162 e. The third kappa shape index (κ3) is 3.48. The largest absolute Gasteiger partial charge is 0.397 e. The van der Waals surface area contributed by atoms with Gasteiger partial charge >= 0.3 is 0 Å². The van der Waals surface area contributed by atoms with Crippen LogP contribution in [0.5, 0.6) is 0 Å². The molecule has 0 fully saturated rings. The van der Waals surface area contributed by atoms with Crippen LogP contribution in [0, 0.1) is 25.7 Å². The number of aliphatic imine (C=N–C) groups is 1. The predicted octanol–water partition coefficient (Wildman–Crippen LogP) is 4.89. The summed E-state index contributed by atoms with van der Waals surface area (Å²) in [7, 11) is 0. The fourth-order valence-electron chi connectivity index (χ4n) is 3.70. The van der Waals surface area contributed by atoms with Crippen molar-refractivity contribution in [3.8, 4) is 16.8 Å². The second-order valence-electron chi connectivity index (χ2n) is 7.56. The van der Waals surface area contributed by atoms with E-state index in [1.54, 1.807) is 23.6 Å². The van der Waals surface area contributed by atoms with Crippen LogP contribution in [0.3, 0.4) is 0 Å². The summed E-state index contributed by atoms with van der Waals surface area (Å²) in [5.41, 5.74) is 11.0. The van der Waals surface area contributed by atoms with Gasteiger partial charge in [0.05, 0.1) is 22.5 Å². The van der Waals surface area contributed by atoms with Gasteiger partial charge in [-0.1, -0.05) is 23.7 Å². The molecule has 0 spiro atoms. The molecule has 1 aliphatic rings. The highest BCUT2D eigenvalue weighted by Crippen LogP contribution is 2.38. The van der Waals surface area contributed by atoms with E-state index in [0.717, 1.165) is 43.9 Å². The summed E-state index contributed by atoms with van der Waals surface area (Å²) in [6.45, 7) is 6.07. The molecule has 0 aliphatic carbocycles. The van der Waals surface area contributed by atoms with E-state index in [0.29, 0.717) is 16.4 Å². The van der Waals surface area contributed by atoms with Crippen molar-refractivity contribution in [1.82, 2.24) is 19.7 Å². The van der Waals surface area contributed by atoms with Crippen molar-refractivity contribution in [2.24, 2.45) is 4.99 Å². The highest BCUT2D eigenvalue weighted by atomic mass is 35.5. The molecule has 0 unspecified atom stereocenters. The van der Waals surface area contributed by atoms with Gasteiger partial charge < -0.3 is 5.73 Å². The molecule has 0 amide bonds. The van der Waals surface area contributed by atoms with Crippen LogP contribution in [0.25, 0.3) is 5.00 Å². The predicted molar refractivity (Wildman–Crippen MR) is 129 cm³/mol. The Morgan fingerprint density at radius 2 is 1.84 bits per heavy atom. The number of nitrogens with two attached hydrogens (primary N) is 1. The van der Waals surface area contributed by atoms with Crippen molar-refractivity contribution in [2.75, 3.05) is 5.73 Å². The molecular formula is C24H19ClN6S. The summed E-state index contributed by atoms with van der Waals surface area (Å²) >= 11 is 7.75. The molecular weight excluding hydrogens is 440 g/mol. The summed E-state index contributed by atoms with van der Waals surface area (Å²) in [5.74, 6) is 8.08. The van der Waals surface area contributed by atoms with Crippen LogP contribution in [0.4, 0.5) is 5.69 Å². The maximum absolute atomic E-state index is 6.14. The Kier molecular flexibility index (Phi) is 5.04. The zero-order chi connectivity index (χ0) is 22.4. The molecule has 3 aromatic heterocycles.